The molecule has 2 aromatic rings. The van der Waals surface area contributed by atoms with Crippen molar-refractivity contribution in [2.24, 2.45) is 0 Å². The highest BCUT2D eigenvalue weighted by molar-refractivity contribution is 6.42. The molecule has 3 rings (SSSR count). The van der Waals surface area contributed by atoms with Crippen LogP contribution in [0.1, 0.15) is 35.3 Å². The second kappa shape index (κ2) is 6.37. The standard InChI is InChI=1S/C17H16Cl2O2/c18-14-6-5-12(9-15(14)19)16(20)10-17-13-4-2-1-3-11(13)7-8-21-17/h1-6,9,16-17,20H,7-8,10H2. The average Bonchev–Trinajstić information content (AvgIpc) is 2.50. The summed E-state index contributed by atoms with van der Waals surface area (Å²) in [5.74, 6) is 0. The van der Waals surface area contributed by atoms with E-state index in [0.717, 1.165) is 12.0 Å². The van der Waals surface area contributed by atoms with Gasteiger partial charge in [-0.3, -0.25) is 0 Å². The van der Waals surface area contributed by atoms with Crippen molar-refractivity contribution in [2.45, 2.75) is 25.0 Å². The highest BCUT2D eigenvalue weighted by Crippen LogP contribution is 2.35. The molecule has 0 spiro atoms. The van der Waals surface area contributed by atoms with Gasteiger partial charge in [0.05, 0.1) is 28.9 Å². The summed E-state index contributed by atoms with van der Waals surface area (Å²) in [5, 5.41) is 11.4. The SMILES string of the molecule is OC(CC1OCCc2ccccc21)c1ccc(Cl)c(Cl)c1. The zero-order valence-corrected chi connectivity index (χ0v) is 12.9. The zero-order valence-electron chi connectivity index (χ0n) is 11.4. The first-order chi connectivity index (χ1) is 10.1. The van der Waals surface area contributed by atoms with E-state index in [0.29, 0.717) is 23.1 Å². The molecule has 1 aliphatic heterocycles. The van der Waals surface area contributed by atoms with Crippen LogP contribution in [-0.2, 0) is 11.2 Å². The number of aliphatic hydroxyl groups excluding tert-OH is 1. The maximum atomic E-state index is 10.4. The average molecular weight is 323 g/mol. The lowest BCUT2D eigenvalue weighted by Crippen LogP contribution is -2.18. The van der Waals surface area contributed by atoms with Gasteiger partial charge in [-0.15, -0.1) is 0 Å². The molecule has 2 aromatic carbocycles. The van der Waals surface area contributed by atoms with Gasteiger partial charge >= 0.3 is 0 Å². The lowest BCUT2D eigenvalue weighted by atomic mass is 9.92. The van der Waals surface area contributed by atoms with Gasteiger partial charge in [0.25, 0.3) is 0 Å². The number of ether oxygens (including phenoxy) is 1. The fourth-order valence-electron chi connectivity index (χ4n) is 2.73. The fourth-order valence-corrected chi connectivity index (χ4v) is 3.04. The summed E-state index contributed by atoms with van der Waals surface area (Å²) in [4.78, 5) is 0. The Morgan fingerprint density at radius 2 is 1.95 bits per heavy atom. The van der Waals surface area contributed by atoms with Gasteiger partial charge in [0.15, 0.2) is 0 Å². The monoisotopic (exact) mass is 322 g/mol. The second-order valence-electron chi connectivity index (χ2n) is 5.23. The molecule has 0 saturated carbocycles. The number of aliphatic hydroxyl groups is 1. The Balaban J connectivity index is 1.79. The second-order valence-corrected chi connectivity index (χ2v) is 6.05. The molecule has 21 heavy (non-hydrogen) atoms. The first kappa shape index (κ1) is 14.9. The minimum absolute atomic E-state index is 0.0839. The van der Waals surface area contributed by atoms with Gasteiger partial charge in [0.1, 0.15) is 0 Å². The molecule has 0 amide bonds. The van der Waals surface area contributed by atoms with Crippen molar-refractivity contribution in [3.05, 3.63) is 69.2 Å². The third kappa shape index (κ3) is 3.24. The predicted molar refractivity (Wildman–Crippen MR) is 84.9 cm³/mol. The minimum Gasteiger partial charge on any atom is -0.388 e. The van der Waals surface area contributed by atoms with Gasteiger partial charge in [0, 0.05) is 6.42 Å². The predicted octanol–water partition coefficient (Wildman–Crippen LogP) is 4.73. The maximum absolute atomic E-state index is 10.4. The number of fused-ring (bicyclic) bond motifs is 1. The van der Waals surface area contributed by atoms with Crippen molar-refractivity contribution >= 4 is 23.2 Å². The maximum Gasteiger partial charge on any atom is 0.0855 e. The van der Waals surface area contributed by atoms with E-state index in [1.54, 1.807) is 18.2 Å². The Labute approximate surface area is 134 Å². The van der Waals surface area contributed by atoms with Crippen LogP contribution in [0, 0.1) is 0 Å². The van der Waals surface area contributed by atoms with Crippen molar-refractivity contribution in [2.75, 3.05) is 6.61 Å². The van der Waals surface area contributed by atoms with Crippen LogP contribution in [0.3, 0.4) is 0 Å². The highest BCUT2D eigenvalue weighted by atomic mass is 35.5. The van der Waals surface area contributed by atoms with Gasteiger partial charge in [-0.2, -0.15) is 0 Å². The number of halogens is 2. The number of hydrogen-bond donors (Lipinski definition) is 1. The molecule has 0 saturated heterocycles. The largest absolute Gasteiger partial charge is 0.388 e. The smallest absolute Gasteiger partial charge is 0.0855 e. The molecule has 1 aliphatic rings. The van der Waals surface area contributed by atoms with Crippen LogP contribution in [-0.4, -0.2) is 11.7 Å². The van der Waals surface area contributed by atoms with Crippen molar-refractivity contribution in [3.63, 3.8) is 0 Å². The normalized spacial score (nSPS) is 19.1. The molecule has 0 fully saturated rings. The van der Waals surface area contributed by atoms with Crippen molar-refractivity contribution in [1.82, 2.24) is 0 Å². The first-order valence-electron chi connectivity index (χ1n) is 6.97. The molecular weight excluding hydrogens is 307 g/mol. The molecule has 1 N–H and O–H groups in total. The van der Waals surface area contributed by atoms with E-state index in [2.05, 4.69) is 12.1 Å². The summed E-state index contributed by atoms with van der Waals surface area (Å²) in [6.45, 7) is 0.690. The van der Waals surface area contributed by atoms with E-state index >= 15 is 0 Å². The van der Waals surface area contributed by atoms with E-state index < -0.39 is 6.10 Å². The van der Waals surface area contributed by atoms with Crippen molar-refractivity contribution in [3.8, 4) is 0 Å². The van der Waals surface area contributed by atoms with Crippen LogP contribution in [0.15, 0.2) is 42.5 Å². The molecule has 110 valence electrons. The van der Waals surface area contributed by atoms with E-state index in [1.807, 2.05) is 12.1 Å². The van der Waals surface area contributed by atoms with E-state index in [1.165, 1.54) is 11.1 Å². The first-order valence-corrected chi connectivity index (χ1v) is 7.73. The summed E-state index contributed by atoms with van der Waals surface area (Å²) in [6, 6.07) is 13.5. The Kier molecular flexibility index (Phi) is 4.51. The molecular formula is C17H16Cl2O2. The molecule has 0 aliphatic carbocycles. The van der Waals surface area contributed by atoms with Crippen LogP contribution < -0.4 is 0 Å². The van der Waals surface area contributed by atoms with Gasteiger partial charge in [-0.25, -0.2) is 0 Å². The summed E-state index contributed by atoms with van der Waals surface area (Å²) < 4.78 is 5.83. The number of hydrogen-bond acceptors (Lipinski definition) is 2. The molecule has 0 aromatic heterocycles. The fraction of sp³-hybridized carbons (Fsp3) is 0.294. The summed E-state index contributed by atoms with van der Waals surface area (Å²) in [5.41, 5.74) is 3.23. The lowest BCUT2D eigenvalue weighted by Gasteiger charge is -2.28. The lowest BCUT2D eigenvalue weighted by molar-refractivity contribution is 0.00377. The van der Waals surface area contributed by atoms with E-state index in [-0.39, 0.29) is 6.10 Å². The van der Waals surface area contributed by atoms with Gasteiger partial charge < -0.3 is 9.84 Å². The molecule has 0 radical (unpaired) electrons. The van der Waals surface area contributed by atoms with Crippen LogP contribution in [0.4, 0.5) is 0 Å². The van der Waals surface area contributed by atoms with E-state index in [9.17, 15) is 5.11 Å². The van der Waals surface area contributed by atoms with E-state index in [4.69, 9.17) is 27.9 Å². The Bertz CT molecular complexity index is 642. The van der Waals surface area contributed by atoms with Crippen LogP contribution in [0.2, 0.25) is 10.0 Å². The quantitative estimate of drug-likeness (QED) is 0.885. The zero-order chi connectivity index (χ0) is 14.8. The van der Waals surface area contributed by atoms with Crippen molar-refractivity contribution < 1.29 is 9.84 Å². The number of benzene rings is 2. The van der Waals surface area contributed by atoms with Gasteiger partial charge in [0.2, 0.25) is 0 Å². The third-order valence-electron chi connectivity index (χ3n) is 3.86. The molecule has 2 atom stereocenters. The topological polar surface area (TPSA) is 29.5 Å². The Morgan fingerprint density at radius 3 is 2.76 bits per heavy atom. The molecule has 4 heteroatoms. The van der Waals surface area contributed by atoms with Gasteiger partial charge in [-0.1, -0.05) is 53.5 Å². The van der Waals surface area contributed by atoms with Crippen molar-refractivity contribution in [1.29, 1.82) is 0 Å². The highest BCUT2D eigenvalue weighted by Gasteiger charge is 2.24. The molecule has 2 nitrogen and oxygen atoms in total. The molecule has 2 unspecified atom stereocenters. The van der Waals surface area contributed by atoms with Crippen LogP contribution in [0.25, 0.3) is 0 Å². The van der Waals surface area contributed by atoms with Gasteiger partial charge in [-0.05, 0) is 35.2 Å². The summed E-state index contributed by atoms with van der Waals surface area (Å²) in [7, 11) is 0. The Morgan fingerprint density at radius 1 is 1.14 bits per heavy atom. The third-order valence-corrected chi connectivity index (χ3v) is 4.60. The minimum atomic E-state index is -0.629. The summed E-state index contributed by atoms with van der Waals surface area (Å²) in [6.07, 6.45) is 0.722. The van der Waals surface area contributed by atoms with Crippen LogP contribution >= 0.6 is 23.2 Å². The molecule has 1 heterocycles. The number of rotatable bonds is 3. The Hall–Kier alpha value is -1.06. The van der Waals surface area contributed by atoms with Crippen LogP contribution in [0.5, 0.6) is 0 Å². The summed E-state index contributed by atoms with van der Waals surface area (Å²) >= 11 is 11.9. The molecule has 0 bridgehead atoms.